The van der Waals surface area contributed by atoms with Crippen LogP contribution in [0.15, 0.2) is 77.3 Å². The molecule has 4 rings (SSSR count). The fourth-order valence-electron chi connectivity index (χ4n) is 2.79. The van der Waals surface area contributed by atoms with E-state index < -0.39 is 10.0 Å². The van der Waals surface area contributed by atoms with Gasteiger partial charge < -0.3 is 10.1 Å². The van der Waals surface area contributed by atoms with E-state index in [9.17, 15) is 8.42 Å². The number of pyridine rings is 1. The van der Waals surface area contributed by atoms with Crippen molar-refractivity contribution in [2.24, 2.45) is 0 Å². The van der Waals surface area contributed by atoms with Crippen molar-refractivity contribution < 1.29 is 13.2 Å². The molecular formula is C21H17ClN4O3S2. The third-order valence-electron chi connectivity index (χ3n) is 4.26. The number of benzene rings is 2. The van der Waals surface area contributed by atoms with Crippen molar-refractivity contribution in [3.8, 4) is 17.0 Å². The van der Waals surface area contributed by atoms with E-state index >= 15 is 0 Å². The number of nitrogens with one attached hydrogen (secondary N) is 2. The van der Waals surface area contributed by atoms with E-state index in [-0.39, 0.29) is 10.6 Å². The van der Waals surface area contributed by atoms with Gasteiger partial charge in [0.1, 0.15) is 10.6 Å². The summed E-state index contributed by atoms with van der Waals surface area (Å²) in [6, 6.07) is 15.0. The SMILES string of the molecule is COc1ccc(Nc2nc(-c3cccnc3)cs2)cc1S(=O)(=O)Nc1ccc(Cl)cc1. The van der Waals surface area contributed by atoms with E-state index in [2.05, 4.69) is 20.0 Å². The lowest BCUT2D eigenvalue weighted by molar-refractivity contribution is 0.403. The van der Waals surface area contributed by atoms with Crippen molar-refractivity contribution in [2.45, 2.75) is 4.90 Å². The molecule has 0 fully saturated rings. The zero-order valence-corrected chi connectivity index (χ0v) is 18.6. The lowest BCUT2D eigenvalue weighted by Gasteiger charge is -2.13. The minimum absolute atomic E-state index is 0.000936. The zero-order chi connectivity index (χ0) is 21.8. The van der Waals surface area contributed by atoms with Gasteiger partial charge in [-0.25, -0.2) is 13.4 Å². The van der Waals surface area contributed by atoms with E-state index in [0.29, 0.717) is 21.5 Å². The molecule has 2 heterocycles. The van der Waals surface area contributed by atoms with Crippen molar-refractivity contribution in [3.05, 3.63) is 77.4 Å². The average molecular weight is 473 g/mol. The third kappa shape index (κ3) is 4.96. The highest BCUT2D eigenvalue weighted by atomic mass is 35.5. The third-order valence-corrected chi connectivity index (χ3v) is 6.67. The predicted molar refractivity (Wildman–Crippen MR) is 124 cm³/mol. The molecule has 0 aliphatic carbocycles. The van der Waals surface area contributed by atoms with Crippen LogP contribution in [-0.2, 0) is 10.0 Å². The maximum absolute atomic E-state index is 13.0. The molecule has 0 radical (unpaired) electrons. The number of sulfonamides is 1. The number of nitrogens with zero attached hydrogens (tertiary/aromatic N) is 2. The number of hydrogen-bond acceptors (Lipinski definition) is 7. The molecule has 2 aromatic carbocycles. The molecule has 158 valence electrons. The van der Waals surface area contributed by atoms with E-state index in [1.807, 2.05) is 17.5 Å². The lowest BCUT2D eigenvalue weighted by Crippen LogP contribution is -2.14. The first-order chi connectivity index (χ1) is 14.9. The molecule has 0 amide bonds. The molecule has 0 bridgehead atoms. The zero-order valence-electron chi connectivity index (χ0n) is 16.2. The number of thiazole rings is 1. The van der Waals surface area contributed by atoms with Crippen LogP contribution in [0.5, 0.6) is 5.75 Å². The fraction of sp³-hybridized carbons (Fsp3) is 0.0476. The van der Waals surface area contributed by atoms with Gasteiger partial charge in [0, 0.05) is 39.7 Å². The molecule has 0 saturated heterocycles. The standard InChI is InChI=1S/C21H17ClN4O3S2/c1-29-19-9-8-17(24-21-25-18(13-30-21)14-3-2-10-23-12-14)11-20(19)31(27,28)26-16-6-4-15(22)5-7-16/h2-13,26H,1H3,(H,24,25). The van der Waals surface area contributed by atoms with Gasteiger partial charge in [0.05, 0.1) is 12.8 Å². The quantitative estimate of drug-likeness (QED) is 0.373. The monoisotopic (exact) mass is 472 g/mol. The number of halogens is 1. The van der Waals surface area contributed by atoms with Crippen molar-refractivity contribution in [2.75, 3.05) is 17.1 Å². The number of anilines is 3. The van der Waals surface area contributed by atoms with E-state index in [1.54, 1.807) is 48.8 Å². The number of ether oxygens (including phenoxy) is 1. The van der Waals surface area contributed by atoms with Crippen LogP contribution >= 0.6 is 22.9 Å². The molecule has 0 atom stereocenters. The number of methoxy groups -OCH3 is 1. The van der Waals surface area contributed by atoms with Crippen LogP contribution in [0, 0.1) is 0 Å². The van der Waals surface area contributed by atoms with Gasteiger partial charge in [-0.1, -0.05) is 11.6 Å². The van der Waals surface area contributed by atoms with Crippen LogP contribution in [0.3, 0.4) is 0 Å². The molecular weight excluding hydrogens is 456 g/mol. The summed E-state index contributed by atoms with van der Waals surface area (Å²) in [6.45, 7) is 0. The Morgan fingerprint density at radius 3 is 2.55 bits per heavy atom. The Morgan fingerprint density at radius 2 is 1.84 bits per heavy atom. The van der Waals surface area contributed by atoms with Crippen LogP contribution < -0.4 is 14.8 Å². The first kappa shape index (κ1) is 21.1. The normalized spacial score (nSPS) is 11.2. The molecule has 10 heteroatoms. The second kappa shape index (κ2) is 8.93. The van der Waals surface area contributed by atoms with Gasteiger partial charge >= 0.3 is 0 Å². The Kier molecular flexibility index (Phi) is 6.08. The molecule has 0 aliphatic rings. The summed E-state index contributed by atoms with van der Waals surface area (Å²) >= 11 is 7.28. The molecule has 31 heavy (non-hydrogen) atoms. The summed E-state index contributed by atoms with van der Waals surface area (Å²) < 4.78 is 33.8. The highest BCUT2D eigenvalue weighted by Crippen LogP contribution is 2.32. The average Bonchev–Trinajstić information content (AvgIpc) is 3.24. The number of hydrogen-bond donors (Lipinski definition) is 2. The maximum Gasteiger partial charge on any atom is 0.265 e. The Morgan fingerprint density at radius 1 is 1.06 bits per heavy atom. The van der Waals surface area contributed by atoms with Gasteiger partial charge in [-0.05, 0) is 54.6 Å². The maximum atomic E-state index is 13.0. The van der Waals surface area contributed by atoms with Gasteiger partial charge in [0.15, 0.2) is 5.13 Å². The smallest absolute Gasteiger partial charge is 0.265 e. The van der Waals surface area contributed by atoms with E-state index in [4.69, 9.17) is 16.3 Å². The van der Waals surface area contributed by atoms with Crippen molar-refractivity contribution in [1.82, 2.24) is 9.97 Å². The first-order valence-electron chi connectivity index (χ1n) is 9.04. The number of rotatable bonds is 7. The van der Waals surface area contributed by atoms with Crippen molar-refractivity contribution >= 4 is 49.5 Å². The number of aromatic nitrogens is 2. The summed E-state index contributed by atoms with van der Waals surface area (Å²) in [5.74, 6) is 0.224. The summed E-state index contributed by atoms with van der Waals surface area (Å²) in [7, 11) is -2.48. The summed E-state index contributed by atoms with van der Waals surface area (Å²) in [4.78, 5) is 8.64. The molecule has 2 N–H and O–H groups in total. The molecule has 0 saturated carbocycles. The second-order valence-electron chi connectivity index (χ2n) is 6.38. The highest BCUT2D eigenvalue weighted by molar-refractivity contribution is 7.92. The van der Waals surface area contributed by atoms with E-state index in [1.165, 1.54) is 24.5 Å². The van der Waals surface area contributed by atoms with Crippen LogP contribution in [0.1, 0.15) is 0 Å². The predicted octanol–water partition coefficient (Wildman–Crippen LogP) is 5.41. The lowest BCUT2D eigenvalue weighted by atomic mass is 10.2. The van der Waals surface area contributed by atoms with Crippen molar-refractivity contribution in [3.63, 3.8) is 0 Å². The second-order valence-corrected chi connectivity index (χ2v) is 9.33. The molecule has 0 spiro atoms. The Bertz CT molecular complexity index is 1290. The van der Waals surface area contributed by atoms with Crippen LogP contribution in [-0.4, -0.2) is 25.5 Å². The van der Waals surface area contributed by atoms with Gasteiger partial charge in [0.2, 0.25) is 0 Å². The Labute approximate surface area is 188 Å². The topological polar surface area (TPSA) is 93.2 Å². The fourth-order valence-corrected chi connectivity index (χ4v) is 4.91. The van der Waals surface area contributed by atoms with Crippen LogP contribution in [0.25, 0.3) is 11.3 Å². The molecule has 0 aliphatic heterocycles. The largest absolute Gasteiger partial charge is 0.495 e. The summed E-state index contributed by atoms with van der Waals surface area (Å²) in [6.07, 6.45) is 3.44. The van der Waals surface area contributed by atoms with Gasteiger partial charge in [0.25, 0.3) is 10.0 Å². The highest BCUT2D eigenvalue weighted by Gasteiger charge is 2.21. The molecule has 0 unspecified atom stereocenters. The minimum Gasteiger partial charge on any atom is -0.495 e. The van der Waals surface area contributed by atoms with E-state index in [0.717, 1.165) is 11.3 Å². The van der Waals surface area contributed by atoms with Crippen LogP contribution in [0.2, 0.25) is 5.02 Å². The molecule has 7 nitrogen and oxygen atoms in total. The van der Waals surface area contributed by atoms with Gasteiger partial charge in [-0.2, -0.15) is 0 Å². The molecule has 2 aromatic heterocycles. The Balaban J connectivity index is 1.60. The van der Waals surface area contributed by atoms with Gasteiger partial charge in [-0.3, -0.25) is 9.71 Å². The minimum atomic E-state index is -3.90. The van der Waals surface area contributed by atoms with Crippen LogP contribution in [0.4, 0.5) is 16.5 Å². The van der Waals surface area contributed by atoms with Crippen molar-refractivity contribution in [1.29, 1.82) is 0 Å². The summed E-state index contributed by atoms with van der Waals surface area (Å²) in [5.41, 5.74) is 2.64. The first-order valence-corrected chi connectivity index (χ1v) is 11.8. The Hall–Kier alpha value is -3.14. The summed E-state index contributed by atoms with van der Waals surface area (Å²) in [5, 5.41) is 6.19. The molecule has 4 aromatic rings. The van der Waals surface area contributed by atoms with Gasteiger partial charge in [-0.15, -0.1) is 11.3 Å².